The van der Waals surface area contributed by atoms with E-state index in [9.17, 15) is 0 Å². The molecule has 0 amide bonds. The highest BCUT2D eigenvalue weighted by Crippen LogP contribution is 2.20. The molecule has 0 aliphatic carbocycles. The molecular weight excluding hydrogens is 242 g/mol. The van der Waals surface area contributed by atoms with Crippen LogP contribution in [0.25, 0.3) is 16.5 Å². The number of nitrogens with zero attached hydrogens (tertiary/aromatic N) is 3. The van der Waals surface area contributed by atoms with Gasteiger partial charge in [0.1, 0.15) is 0 Å². The monoisotopic (exact) mass is 251 g/mol. The Morgan fingerprint density at radius 2 is 2.36 bits per heavy atom. The molecule has 14 heavy (non-hydrogen) atoms. The zero-order chi connectivity index (χ0) is 10.4. The van der Waals surface area contributed by atoms with Crippen LogP contribution in [0.3, 0.4) is 0 Å². The summed E-state index contributed by atoms with van der Waals surface area (Å²) >= 11 is 3.45. The van der Waals surface area contributed by atoms with Gasteiger partial charge in [0.25, 0.3) is 0 Å². The first-order valence-electron chi connectivity index (χ1n) is 4.18. The van der Waals surface area contributed by atoms with Crippen LogP contribution < -0.4 is 0 Å². The molecule has 0 saturated carbocycles. The second kappa shape index (κ2) is 5.47. The standard InChI is InChI=1S/C10H10BrN3/c1-8-9(4-2-6-10(8)11)5-3-7-13-14-12/h2-6H,7H2,1H3. The van der Waals surface area contributed by atoms with Crippen molar-refractivity contribution in [3.05, 3.63) is 50.3 Å². The van der Waals surface area contributed by atoms with Crippen LogP contribution in [0.5, 0.6) is 0 Å². The first-order chi connectivity index (χ1) is 6.75. The lowest BCUT2D eigenvalue weighted by molar-refractivity contribution is 1.22. The molecule has 0 fully saturated rings. The van der Waals surface area contributed by atoms with Gasteiger partial charge in [0.05, 0.1) is 0 Å². The Morgan fingerprint density at radius 1 is 1.57 bits per heavy atom. The largest absolute Gasteiger partial charge is 0.0899 e. The maximum absolute atomic E-state index is 8.08. The second-order valence-corrected chi connectivity index (χ2v) is 3.62. The van der Waals surface area contributed by atoms with Gasteiger partial charge in [-0.05, 0) is 29.6 Å². The van der Waals surface area contributed by atoms with Crippen molar-refractivity contribution in [1.29, 1.82) is 0 Å². The van der Waals surface area contributed by atoms with Crippen molar-refractivity contribution >= 4 is 22.0 Å². The predicted molar refractivity (Wildman–Crippen MR) is 61.9 cm³/mol. The van der Waals surface area contributed by atoms with Gasteiger partial charge in [-0.2, -0.15) is 0 Å². The van der Waals surface area contributed by atoms with E-state index < -0.39 is 0 Å². The van der Waals surface area contributed by atoms with Crippen molar-refractivity contribution in [2.45, 2.75) is 6.92 Å². The van der Waals surface area contributed by atoms with Crippen LogP contribution in [0.15, 0.2) is 33.9 Å². The molecular formula is C10H10BrN3. The Labute approximate surface area is 91.2 Å². The van der Waals surface area contributed by atoms with E-state index in [1.807, 2.05) is 37.3 Å². The van der Waals surface area contributed by atoms with Crippen LogP contribution in [0, 0.1) is 6.92 Å². The molecule has 0 saturated heterocycles. The van der Waals surface area contributed by atoms with Gasteiger partial charge in [-0.25, -0.2) is 0 Å². The molecule has 3 nitrogen and oxygen atoms in total. The average molecular weight is 252 g/mol. The average Bonchev–Trinajstić information content (AvgIpc) is 2.19. The number of benzene rings is 1. The van der Waals surface area contributed by atoms with E-state index in [1.54, 1.807) is 0 Å². The first kappa shape index (κ1) is 10.8. The summed E-state index contributed by atoms with van der Waals surface area (Å²) in [5.41, 5.74) is 10.4. The van der Waals surface area contributed by atoms with Crippen molar-refractivity contribution in [3.63, 3.8) is 0 Å². The van der Waals surface area contributed by atoms with E-state index in [0.717, 1.165) is 10.0 Å². The highest BCUT2D eigenvalue weighted by atomic mass is 79.9. The topological polar surface area (TPSA) is 48.8 Å². The zero-order valence-electron chi connectivity index (χ0n) is 7.81. The van der Waals surface area contributed by atoms with Gasteiger partial charge in [0.15, 0.2) is 0 Å². The summed E-state index contributed by atoms with van der Waals surface area (Å²) in [6.45, 7) is 2.43. The van der Waals surface area contributed by atoms with Crippen molar-refractivity contribution in [2.75, 3.05) is 6.54 Å². The molecule has 0 spiro atoms. The van der Waals surface area contributed by atoms with Crippen LogP contribution in [0.4, 0.5) is 0 Å². The van der Waals surface area contributed by atoms with Crippen molar-refractivity contribution in [2.24, 2.45) is 5.11 Å². The maximum Gasteiger partial charge on any atom is 0.0443 e. The summed E-state index contributed by atoms with van der Waals surface area (Å²) in [5, 5.41) is 3.42. The summed E-state index contributed by atoms with van der Waals surface area (Å²) in [6, 6.07) is 6.00. The molecule has 0 heterocycles. The fraction of sp³-hybridized carbons (Fsp3) is 0.200. The molecule has 0 aromatic heterocycles. The minimum Gasteiger partial charge on any atom is -0.0899 e. The number of azide groups is 1. The fourth-order valence-electron chi connectivity index (χ4n) is 1.07. The third kappa shape index (κ3) is 2.91. The molecule has 0 radical (unpaired) electrons. The third-order valence-electron chi connectivity index (χ3n) is 1.86. The van der Waals surface area contributed by atoms with Crippen molar-refractivity contribution < 1.29 is 0 Å². The third-order valence-corrected chi connectivity index (χ3v) is 2.72. The fourth-order valence-corrected chi connectivity index (χ4v) is 1.45. The Hall–Kier alpha value is -1.25. The van der Waals surface area contributed by atoms with Gasteiger partial charge in [0, 0.05) is 15.9 Å². The SMILES string of the molecule is Cc1c(Br)cccc1C=CCN=[N+]=[N-]. The van der Waals surface area contributed by atoms with E-state index in [0.29, 0.717) is 6.54 Å². The Bertz CT molecular complexity index is 392. The Balaban J connectivity index is 2.81. The highest BCUT2D eigenvalue weighted by molar-refractivity contribution is 9.10. The van der Waals surface area contributed by atoms with Crippen molar-refractivity contribution in [1.82, 2.24) is 0 Å². The lowest BCUT2D eigenvalue weighted by atomic mass is 10.1. The summed E-state index contributed by atoms with van der Waals surface area (Å²) in [4.78, 5) is 2.67. The second-order valence-electron chi connectivity index (χ2n) is 2.77. The van der Waals surface area contributed by atoms with Gasteiger partial charge < -0.3 is 0 Å². The van der Waals surface area contributed by atoms with E-state index in [1.165, 1.54) is 5.56 Å². The van der Waals surface area contributed by atoms with Crippen LogP contribution in [-0.4, -0.2) is 6.54 Å². The summed E-state index contributed by atoms with van der Waals surface area (Å²) in [5.74, 6) is 0. The molecule has 0 atom stereocenters. The molecule has 1 aromatic carbocycles. The van der Waals surface area contributed by atoms with Gasteiger partial charge in [-0.15, -0.1) is 0 Å². The van der Waals surface area contributed by atoms with Gasteiger partial charge in [-0.3, -0.25) is 0 Å². The summed E-state index contributed by atoms with van der Waals surface area (Å²) in [7, 11) is 0. The zero-order valence-corrected chi connectivity index (χ0v) is 9.40. The molecule has 72 valence electrons. The predicted octanol–water partition coefficient (Wildman–Crippen LogP) is 4.08. The minimum absolute atomic E-state index is 0.391. The molecule has 0 unspecified atom stereocenters. The van der Waals surface area contributed by atoms with E-state index in [2.05, 4.69) is 26.0 Å². The molecule has 4 heteroatoms. The number of halogens is 1. The summed E-state index contributed by atoms with van der Waals surface area (Å²) < 4.78 is 1.09. The van der Waals surface area contributed by atoms with Gasteiger partial charge in [-0.1, -0.05) is 45.3 Å². The van der Waals surface area contributed by atoms with E-state index >= 15 is 0 Å². The molecule has 1 aromatic rings. The van der Waals surface area contributed by atoms with Crippen LogP contribution in [0.1, 0.15) is 11.1 Å². The van der Waals surface area contributed by atoms with Crippen molar-refractivity contribution in [3.8, 4) is 0 Å². The van der Waals surface area contributed by atoms with Gasteiger partial charge in [0.2, 0.25) is 0 Å². The molecule has 0 N–H and O–H groups in total. The molecule has 0 aliphatic heterocycles. The van der Waals surface area contributed by atoms with Crippen LogP contribution in [0.2, 0.25) is 0 Å². The number of hydrogen-bond acceptors (Lipinski definition) is 1. The van der Waals surface area contributed by atoms with E-state index in [4.69, 9.17) is 5.53 Å². The smallest absolute Gasteiger partial charge is 0.0443 e. The molecule has 0 aliphatic rings. The van der Waals surface area contributed by atoms with Crippen LogP contribution >= 0.6 is 15.9 Å². The van der Waals surface area contributed by atoms with Crippen LogP contribution in [-0.2, 0) is 0 Å². The highest BCUT2D eigenvalue weighted by Gasteiger charge is 1.96. The summed E-state index contributed by atoms with van der Waals surface area (Å²) in [6.07, 6.45) is 3.79. The molecule has 1 rings (SSSR count). The number of hydrogen-bond donors (Lipinski definition) is 0. The maximum atomic E-state index is 8.08. The lowest BCUT2D eigenvalue weighted by Gasteiger charge is -2.01. The van der Waals surface area contributed by atoms with E-state index in [-0.39, 0.29) is 0 Å². The quantitative estimate of drug-likeness (QED) is 0.442. The van der Waals surface area contributed by atoms with Gasteiger partial charge >= 0.3 is 0 Å². The lowest BCUT2D eigenvalue weighted by Crippen LogP contribution is -1.81. The first-order valence-corrected chi connectivity index (χ1v) is 4.97. The normalized spacial score (nSPS) is 10.1. The number of rotatable bonds is 3. The Morgan fingerprint density at radius 3 is 3.07 bits per heavy atom. The Kier molecular flexibility index (Phi) is 4.23. The minimum atomic E-state index is 0.391. The molecule has 0 bridgehead atoms.